The molecule has 2 aromatic carbocycles. The van der Waals surface area contributed by atoms with Crippen LogP contribution in [0.2, 0.25) is 0 Å². The third-order valence-corrected chi connectivity index (χ3v) is 5.49. The number of amides is 1. The van der Waals surface area contributed by atoms with Crippen LogP contribution in [0.15, 0.2) is 53.4 Å². The van der Waals surface area contributed by atoms with Crippen molar-refractivity contribution in [1.82, 2.24) is 4.72 Å². The quantitative estimate of drug-likeness (QED) is 0.826. The molecule has 25 heavy (non-hydrogen) atoms. The van der Waals surface area contributed by atoms with Gasteiger partial charge in [0, 0.05) is 18.7 Å². The number of aryl methyl sites for hydroxylation is 1. The molecule has 0 fully saturated rings. The second-order valence-electron chi connectivity index (χ2n) is 6.42. The first-order valence-electron chi connectivity index (χ1n) is 8.16. The molecule has 0 aliphatic carbocycles. The SMILES string of the molecule is CC(=O)Nc1ccc(C)c(S(=O)(=O)NC(c2ccccc2)C(C)C)c1. The second kappa shape index (κ2) is 7.80. The molecule has 2 N–H and O–H groups in total. The van der Waals surface area contributed by atoms with Gasteiger partial charge >= 0.3 is 0 Å². The third kappa shape index (κ3) is 4.90. The first-order chi connectivity index (χ1) is 11.7. The van der Waals surface area contributed by atoms with Crippen molar-refractivity contribution in [2.45, 2.75) is 38.6 Å². The minimum Gasteiger partial charge on any atom is -0.326 e. The summed E-state index contributed by atoms with van der Waals surface area (Å²) in [6.45, 7) is 7.07. The molecule has 2 rings (SSSR count). The van der Waals surface area contributed by atoms with Gasteiger partial charge < -0.3 is 5.32 Å². The number of hydrogen-bond donors (Lipinski definition) is 2. The summed E-state index contributed by atoms with van der Waals surface area (Å²) >= 11 is 0. The van der Waals surface area contributed by atoms with E-state index >= 15 is 0 Å². The van der Waals surface area contributed by atoms with Gasteiger partial charge in [-0.2, -0.15) is 0 Å². The van der Waals surface area contributed by atoms with Crippen molar-refractivity contribution >= 4 is 21.6 Å². The Hall–Kier alpha value is -2.18. The van der Waals surface area contributed by atoms with Crippen LogP contribution < -0.4 is 10.0 Å². The molecule has 0 spiro atoms. The standard InChI is InChI=1S/C19H24N2O3S/c1-13(2)19(16-8-6-5-7-9-16)21-25(23,24)18-12-17(20-15(4)22)11-10-14(18)3/h5-13,19,21H,1-4H3,(H,20,22). The van der Waals surface area contributed by atoms with Gasteiger partial charge in [0.25, 0.3) is 0 Å². The van der Waals surface area contributed by atoms with Crippen molar-refractivity contribution in [3.8, 4) is 0 Å². The smallest absolute Gasteiger partial charge is 0.241 e. The van der Waals surface area contributed by atoms with Crippen LogP contribution in [0.5, 0.6) is 0 Å². The molecule has 0 bridgehead atoms. The average molecular weight is 360 g/mol. The number of carbonyl (C=O) groups excluding carboxylic acids is 1. The lowest BCUT2D eigenvalue weighted by molar-refractivity contribution is -0.114. The maximum absolute atomic E-state index is 13.0. The Morgan fingerprint density at radius 1 is 1.04 bits per heavy atom. The molecule has 1 unspecified atom stereocenters. The van der Waals surface area contributed by atoms with E-state index in [1.54, 1.807) is 19.1 Å². The van der Waals surface area contributed by atoms with E-state index in [-0.39, 0.29) is 22.8 Å². The van der Waals surface area contributed by atoms with Gasteiger partial charge in [0.1, 0.15) is 0 Å². The second-order valence-corrected chi connectivity index (χ2v) is 8.10. The van der Waals surface area contributed by atoms with Crippen molar-refractivity contribution in [2.24, 2.45) is 5.92 Å². The van der Waals surface area contributed by atoms with Gasteiger partial charge in [-0.15, -0.1) is 0 Å². The minimum atomic E-state index is -3.74. The number of nitrogens with one attached hydrogen (secondary N) is 2. The fourth-order valence-electron chi connectivity index (χ4n) is 2.65. The zero-order valence-electron chi connectivity index (χ0n) is 14.9. The molecular formula is C19H24N2O3S. The highest BCUT2D eigenvalue weighted by atomic mass is 32.2. The third-order valence-electron chi connectivity index (χ3n) is 3.91. The van der Waals surface area contributed by atoms with Gasteiger partial charge in [-0.25, -0.2) is 13.1 Å². The summed E-state index contributed by atoms with van der Waals surface area (Å²) in [7, 11) is -3.74. The summed E-state index contributed by atoms with van der Waals surface area (Å²) in [6, 6.07) is 14.0. The van der Waals surface area contributed by atoms with Crippen LogP contribution in [-0.2, 0) is 14.8 Å². The monoisotopic (exact) mass is 360 g/mol. The van der Waals surface area contributed by atoms with E-state index in [2.05, 4.69) is 10.0 Å². The molecule has 0 aliphatic rings. The number of hydrogen-bond acceptors (Lipinski definition) is 3. The van der Waals surface area contributed by atoms with Crippen molar-refractivity contribution in [3.63, 3.8) is 0 Å². The number of anilines is 1. The zero-order chi connectivity index (χ0) is 18.6. The predicted molar refractivity (Wildman–Crippen MR) is 99.8 cm³/mol. The molecule has 0 saturated carbocycles. The fraction of sp³-hybridized carbons (Fsp3) is 0.316. The van der Waals surface area contributed by atoms with Crippen LogP contribution in [0.3, 0.4) is 0 Å². The van der Waals surface area contributed by atoms with Crippen molar-refractivity contribution in [3.05, 3.63) is 59.7 Å². The van der Waals surface area contributed by atoms with Crippen LogP contribution in [0.1, 0.15) is 37.9 Å². The Morgan fingerprint density at radius 2 is 1.68 bits per heavy atom. The largest absolute Gasteiger partial charge is 0.326 e. The Morgan fingerprint density at radius 3 is 2.24 bits per heavy atom. The predicted octanol–water partition coefficient (Wildman–Crippen LogP) is 3.63. The number of rotatable bonds is 6. The van der Waals surface area contributed by atoms with Gasteiger partial charge in [-0.05, 0) is 36.1 Å². The molecule has 6 heteroatoms. The van der Waals surface area contributed by atoms with E-state index in [0.29, 0.717) is 11.3 Å². The lowest BCUT2D eigenvalue weighted by Gasteiger charge is -2.23. The van der Waals surface area contributed by atoms with Crippen LogP contribution in [0.4, 0.5) is 5.69 Å². The van der Waals surface area contributed by atoms with E-state index in [1.807, 2.05) is 44.2 Å². The summed E-state index contributed by atoms with van der Waals surface area (Å²) in [4.78, 5) is 11.4. The molecule has 2 aromatic rings. The Labute approximate surface area is 149 Å². The Kier molecular flexibility index (Phi) is 5.98. The van der Waals surface area contributed by atoms with Crippen LogP contribution in [0.25, 0.3) is 0 Å². The number of sulfonamides is 1. The zero-order valence-corrected chi connectivity index (χ0v) is 15.7. The van der Waals surface area contributed by atoms with E-state index in [0.717, 1.165) is 5.56 Å². The molecule has 1 amide bonds. The van der Waals surface area contributed by atoms with Crippen molar-refractivity contribution in [2.75, 3.05) is 5.32 Å². The molecule has 0 aromatic heterocycles. The highest BCUT2D eigenvalue weighted by Crippen LogP contribution is 2.26. The molecule has 0 aliphatic heterocycles. The summed E-state index contributed by atoms with van der Waals surface area (Å²) < 4.78 is 28.7. The van der Waals surface area contributed by atoms with Crippen LogP contribution in [0, 0.1) is 12.8 Å². The Balaban J connectivity index is 2.39. The van der Waals surface area contributed by atoms with E-state index < -0.39 is 10.0 Å². The molecule has 0 radical (unpaired) electrons. The van der Waals surface area contributed by atoms with Gasteiger partial charge in [-0.1, -0.05) is 50.2 Å². The fourth-order valence-corrected chi connectivity index (χ4v) is 4.29. The molecule has 0 heterocycles. The first-order valence-corrected chi connectivity index (χ1v) is 9.64. The Bertz CT molecular complexity index is 846. The van der Waals surface area contributed by atoms with Gasteiger partial charge in [0.2, 0.25) is 15.9 Å². The molecule has 0 saturated heterocycles. The van der Waals surface area contributed by atoms with E-state index in [9.17, 15) is 13.2 Å². The lowest BCUT2D eigenvalue weighted by atomic mass is 9.97. The number of benzene rings is 2. The first kappa shape index (κ1) is 19.1. The molecule has 1 atom stereocenters. The molecule has 134 valence electrons. The van der Waals surface area contributed by atoms with Crippen molar-refractivity contribution < 1.29 is 13.2 Å². The summed E-state index contributed by atoms with van der Waals surface area (Å²) in [5, 5.41) is 2.62. The van der Waals surface area contributed by atoms with Gasteiger partial charge in [-0.3, -0.25) is 4.79 Å². The van der Waals surface area contributed by atoms with E-state index in [4.69, 9.17) is 0 Å². The summed E-state index contributed by atoms with van der Waals surface area (Å²) in [6.07, 6.45) is 0. The highest BCUT2D eigenvalue weighted by Gasteiger charge is 2.25. The van der Waals surface area contributed by atoms with Gasteiger partial charge in [0.15, 0.2) is 0 Å². The summed E-state index contributed by atoms with van der Waals surface area (Å²) in [5.41, 5.74) is 1.99. The minimum absolute atomic E-state index is 0.0796. The maximum Gasteiger partial charge on any atom is 0.241 e. The normalized spacial score (nSPS) is 12.8. The molecular weight excluding hydrogens is 336 g/mol. The lowest BCUT2D eigenvalue weighted by Crippen LogP contribution is -2.32. The summed E-state index contributed by atoms with van der Waals surface area (Å²) in [5.74, 6) is -0.166. The average Bonchev–Trinajstić information content (AvgIpc) is 2.54. The van der Waals surface area contributed by atoms with Gasteiger partial charge in [0.05, 0.1) is 4.90 Å². The van der Waals surface area contributed by atoms with Crippen molar-refractivity contribution in [1.29, 1.82) is 0 Å². The van der Waals surface area contributed by atoms with Crippen LogP contribution in [-0.4, -0.2) is 14.3 Å². The van der Waals surface area contributed by atoms with E-state index in [1.165, 1.54) is 13.0 Å². The topological polar surface area (TPSA) is 75.3 Å². The maximum atomic E-state index is 13.0. The van der Waals surface area contributed by atoms with Crippen LogP contribution >= 0.6 is 0 Å². The highest BCUT2D eigenvalue weighted by molar-refractivity contribution is 7.89. The number of carbonyl (C=O) groups is 1. The molecule has 5 nitrogen and oxygen atoms in total.